The van der Waals surface area contributed by atoms with Crippen molar-refractivity contribution in [3.8, 4) is 11.5 Å². The summed E-state index contributed by atoms with van der Waals surface area (Å²) in [5, 5.41) is 7.94. The number of benzene rings is 1. The highest BCUT2D eigenvalue weighted by atomic mass is 16.6. The van der Waals surface area contributed by atoms with E-state index >= 15 is 0 Å². The van der Waals surface area contributed by atoms with Crippen LogP contribution in [-0.4, -0.2) is 26.1 Å². The Bertz CT molecular complexity index is 841. The maximum absolute atomic E-state index is 12.0. The summed E-state index contributed by atoms with van der Waals surface area (Å²) < 4.78 is 10.9. The fourth-order valence-electron chi connectivity index (χ4n) is 1.98. The van der Waals surface area contributed by atoms with Crippen LogP contribution in [0.2, 0.25) is 0 Å². The monoisotopic (exact) mass is 324 g/mol. The van der Waals surface area contributed by atoms with Crippen molar-refractivity contribution >= 4 is 5.97 Å². The molecule has 0 aliphatic heterocycles. The van der Waals surface area contributed by atoms with Crippen LogP contribution >= 0.6 is 0 Å². The number of rotatable bonds is 4. The Labute approximate surface area is 138 Å². The van der Waals surface area contributed by atoms with Gasteiger partial charge >= 0.3 is 5.97 Å². The van der Waals surface area contributed by atoms with Crippen LogP contribution in [0.3, 0.4) is 0 Å². The summed E-state index contributed by atoms with van der Waals surface area (Å²) in [7, 11) is 0. The van der Waals surface area contributed by atoms with Crippen molar-refractivity contribution in [3.05, 3.63) is 59.5 Å². The summed E-state index contributed by atoms with van der Waals surface area (Å²) >= 11 is 0. The lowest BCUT2D eigenvalue weighted by molar-refractivity contribution is 0.0272. The standard InChI is InChI=1S/C17H16N4O3/c1-10-4-6-13(7-5-10)16-21-20-15(24-16)12(3)23-17(22)14-9-18-11(2)8-19-14/h4-9,12H,1-3H3/t12-/m0/s1. The molecule has 0 aliphatic rings. The zero-order chi connectivity index (χ0) is 17.1. The highest BCUT2D eigenvalue weighted by molar-refractivity contribution is 5.86. The lowest BCUT2D eigenvalue weighted by atomic mass is 10.1. The predicted molar refractivity (Wildman–Crippen MR) is 85.1 cm³/mol. The molecule has 2 aromatic heterocycles. The highest BCUT2D eigenvalue weighted by Crippen LogP contribution is 2.23. The molecule has 0 saturated heterocycles. The van der Waals surface area contributed by atoms with Gasteiger partial charge in [-0.2, -0.15) is 0 Å². The minimum absolute atomic E-state index is 0.130. The molecule has 0 saturated carbocycles. The van der Waals surface area contributed by atoms with E-state index in [-0.39, 0.29) is 11.6 Å². The van der Waals surface area contributed by atoms with E-state index in [1.165, 1.54) is 12.4 Å². The smallest absolute Gasteiger partial charge is 0.359 e. The predicted octanol–water partition coefficient (Wildman–Crippen LogP) is 3.06. The van der Waals surface area contributed by atoms with E-state index in [1.54, 1.807) is 13.8 Å². The Balaban J connectivity index is 1.71. The molecule has 2 heterocycles. The van der Waals surface area contributed by atoms with E-state index in [4.69, 9.17) is 9.15 Å². The summed E-state index contributed by atoms with van der Waals surface area (Å²) in [4.78, 5) is 20.0. The van der Waals surface area contributed by atoms with Crippen LogP contribution in [0.5, 0.6) is 0 Å². The Kier molecular flexibility index (Phi) is 4.33. The average Bonchev–Trinajstić information content (AvgIpc) is 3.06. The van der Waals surface area contributed by atoms with E-state index < -0.39 is 12.1 Å². The quantitative estimate of drug-likeness (QED) is 0.681. The first kappa shape index (κ1) is 15.8. The topological polar surface area (TPSA) is 91.0 Å². The minimum Gasteiger partial charge on any atom is -0.448 e. The number of nitrogens with zero attached hydrogens (tertiary/aromatic N) is 4. The van der Waals surface area contributed by atoms with Crippen LogP contribution in [0.25, 0.3) is 11.5 Å². The highest BCUT2D eigenvalue weighted by Gasteiger charge is 2.20. The second kappa shape index (κ2) is 6.57. The lowest BCUT2D eigenvalue weighted by Gasteiger charge is -2.08. The molecular weight excluding hydrogens is 308 g/mol. The first-order valence-electron chi connectivity index (χ1n) is 7.43. The van der Waals surface area contributed by atoms with Crippen molar-refractivity contribution in [3.63, 3.8) is 0 Å². The molecule has 3 rings (SSSR count). The SMILES string of the molecule is Cc1ccc(-c2nnc([C@H](C)OC(=O)c3cnc(C)cn3)o2)cc1. The first-order valence-corrected chi connectivity index (χ1v) is 7.43. The molecule has 0 bridgehead atoms. The van der Waals surface area contributed by atoms with Crippen LogP contribution in [0.4, 0.5) is 0 Å². The number of ether oxygens (including phenoxy) is 1. The molecule has 0 aliphatic carbocycles. The summed E-state index contributed by atoms with van der Waals surface area (Å²) in [5.41, 5.74) is 2.80. The molecule has 0 amide bonds. The summed E-state index contributed by atoms with van der Waals surface area (Å²) in [6, 6.07) is 7.70. The third kappa shape index (κ3) is 3.45. The van der Waals surface area contributed by atoms with Gasteiger partial charge in [-0.15, -0.1) is 10.2 Å². The van der Waals surface area contributed by atoms with Crippen molar-refractivity contribution in [1.29, 1.82) is 0 Å². The number of carbonyl (C=O) groups excluding carboxylic acids is 1. The van der Waals surface area contributed by atoms with Crippen LogP contribution in [0, 0.1) is 13.8 Å². The molecule has 1 atom stereocenters. The van der Waals surface area contributed by atoms with Gasteiger partial charge in [-0.1, -0.05) is 17.7 Å². The van der Waals surface area contributed by atoms with E-state index in [1.807, 2.05) is 31.2 Å². The molecule has 0 spiro atoms. The molecule has 0 N–H and O–H groups in total. The molecule has 122 valence electrons. The number of aromatic nitrogens is 4. The molecular formula is C17H16N4O3. The van der Waals surface area contributed by atoms with Gasteiger partial charge in [0, 0.05) is 11.8 Å². The first-order chi connectivity index (χ1) is 11.5. The summed E-state index contributed by atoms with van der Waals surface area (Å²) in [5.74, 6) is 0.00658. The Hall–Kier alpha value is -3.09. The van der Waals surface area contributed by atoms with Gasteiger partial charge in [0.05, 0.1) is 11.9 Å². The maximum Gasteiger partial charge on any atom is 0.359 e. The van der Waals surface area contributed by atoms with Crippen molar-refractivity contribution in [2.45, 2.75) is 26.9 Å². The van der Waals surface area contributed by atoms with Crippen LogP contribution < -0.4 is 0 Å². The van der Waals surface area contributed by atoms with Crippen molar-refractivity contribution in [2.24, 2.45) is 0 Å². The zero-order valence-corrected chi connectivity index (χ0v) is 13.6. The normalized spacial score (nSPS) is 12.0. The van der Waals surface area contributed by atoms with Gasteiger partial charge in [0.25, 0.3) is 5.89 Å². The van der Waals surface area contributed by atoms with Gasteiger partial charge in [-0.25, -0.2) is 9.78 Å². The van der Waals surface area contributed by atoms with Crippen molar-refractivity contribution in [2.75, 3.05) is 0 Å². The molecule has 0 unspecified atom stereocenters. The second-order valence-corrected chi connectivity index (χ2v) is 5.40. The fourth-order valence-corrected chi connectivity index (χ4v) is 1.98. The molecule has 0 radical (unpaired) electrons. The largest absolute Gasteiger partial charge is 0.448 e. The average molecular weight is 324 g/mol. The van der Waals surface area contributed by atoms with Gasteiger partial charge in [0.1, 0.15) is 0 Å². The number of hydrogen-bond acceptors (Lipinski definition) is 7. The third-order valence-electron chi connectivity index (χ3n) is 3.36. The third-order valence-corrected chi connectivity index (χ3v) is 3.36. The van der Waals surface area contributed by atoms with Gasteiger partial charge in [-0.3, -0.25) is 4.98 Å². The second-order valence-electron chi connectivity index (χ2n) is 5.40. The van der Waals surface area contributed by atoms with Crippen LogP contribution in [0.15, 0.2) is 41.1 Å². The summed E-state index contributed by atoms with van der Waals surface area (Å²) in [6.07, 6.45) is 2.19. The van der Waals surface area contributed by atoms with Crippen LogP contribution in [0.1, 0.15) is 40.7 Å². The number of esters is 1. The minimum atomic E-state index is -0.688. The number of carbonyl (C=O) groups is 1. The molecule has 1 aromatic carbocycles. The van der Waals surface area contributed by atoms with Crippen molar-refractivity contribution < 1.29 is 13.9 Å². The molecule has 7 heteroatoms. The molecule has 24 heavy (non-hydrogen) atoms. The van der Waals surface area contributed by atoms with Gasteiger partial charge in [0.15, 0.2) is 11.8 Å². The number of hydrogen-bond donors (Lipinski definition) is 0. The van der Waals surface area contributed by atoms with Gasteiger partial charge in [0.2, 0.25) is 5.89 Å². The Morgan fingerprint density at radius 1 is 1.08 bits per heavy atom. The van der Waals surface area contributed by atoms with Crippen LogP contribution in [-0.2, 0) is 4.74 Å². The molecule has 0 fully saturated rings. The Morgan fingerprint density at radius 3 is 2.50 bits per heavy atom. The lowest BCUT2D eigenvalue weighted by Crippen LogP contribution is -2.11. The Morgan fingerprint density at radius 2 is 1.83 bits per heavy atom. The maximum atomic E-state index is 12.0. The van der Waals surface area contributed by atoms with E-state index in [9.17, 15) is 4.79 Å². The van der Waals surface area contributed by atoms with E-state index in [0.717, 1.165) is 16.8 Å². The van der Waals surface area contributed by atoms with E-state index in [0.29, 0.717) is 5.89 Å². The van der Waals surface area contributed by atoms with Gasteiger partial charge in [-0.05, 0) is 32.9 Å². The van der Waals surface area contributed by atoms with E-state index in [2.05, 4.69) is 20.2 Å². The molecule has 3 aromatic rings. The summed E-state index contributed by atoms with van der Waals surface area (Å²) in [6.45, 7) is 5.44. The fraction of sp³-hybridized carbons (Fsp3) is 0.235. The number of aryl methyl sites for hydroxylation is 2. The van der Waals surface area contributed by atoms with Gasteiger partial charge < -0.3 is 9.15 Å². The van der Waals surface area contributed by atoms with Crippen molar-refractivity contribution in [1.82, 2.24) is 20.2 Å². The zero-order valence-electron chi connectivity index (χ0n) is 13.6. The molecule has 7 nitrogen and oxygen atoms in total.